The lowest BCUT2D eigenvalue weighted by Gasteiger charge is -2.31. The number of fused-ring (bicyclic) bond motifs is 1. The van der Waals surface area contributed by atoms with Crippen molar-refractivity contribution >= 4 is 17.0 Å². The Labute approximate surface area is 158 Å². The Hall–Kier alpha value is -2.67. The molecule has 7 nitrogen and oxygen atoms in total. The number of hydrogen-bond acceptors (Lipinski definition) is 4. The quantitative estimate of drug-likeness (QED) is 0.725. The van der Waals surface area contributed by atoms with Crippen LogP contribution in [0.25, 0.3) is 11.0 Å². The van der Waals surface area contributed by atoms with Crippen molar-refractivity contribution in [2.24, 2.45) is 0 Å². The van der Waals surface area contributed by atoms with E-state index < -0.39 is 5.97 Å². The van der Waals surface area contributed by atoms with Gasteiger partial charge in [0.2, 0.25) is 0 Å². The summed E-state index contributed by atoms with van der Waals surface area (Å²) in [7, 11) is 0. The second-order valence-corrected chi connectivity index (χ2v) is 7.17. The van der Waals surface area contributed by atoms with Gasteiger partial charge in [-0.2, -0.15) is 5.10 Å². The first-order valence-corrected chi connectivity index (χ1v) is 9.55. The highest BCUT2D eigenvalue weighted by Crippen LogP contribution is 2.27. The van der Waals surface area contributed by atoms with E-state index in [1.54, 1.807) is 6.20 Å². The van der Waals surface area contributed by atoms with Crippen molar-refractivity contribution in [3.8, 4) is 0 Å². The first kappa shape index (κ1) is 17.7. The molecular formula is C20H25N5O2. The fraction of sp³-hybridized carbons (Fsp3) is 0.450. The molecule has 0 radical (unpaired) electrons. The molecule has 1 aromatic carbocycles. The Morgan fingerprint density at radius 2 is 2.15 bits per heavy atom. The molecule has 1 fully saturated rings. The van der Waals surface area contributed by atoms with Crippen LogP contribution < -0.4 is 0 Å². The van der Waals surface area contributed by atoms with E-state index in [0.29, 0.717) is 5.92 Å². The molecule has 0 amide bonds. The molecule has 2 aromatic heterocycles. The largest absolute Gasteiger partial charge is 0.480 e. The lowest BCUT2D eigenvalue weighted by Crippen LogP contribution is -2.35. The number of carbonyl (C=O) groups is 1. The summed E-state index contributed by atoms with van der Waals surface area (Å²) < 4.78 is 3.80. The summed E-state index contributed by atoms with van der Waals surface area (Å²) in [6, 6.07) is 10.2. The summed E-state index contributed by atoms with van der Waals surface area (Å²) in [5.74, 6) is 0.581. The van der Waals surface area contributed by atoms with E-state index in [0.717, 1.165) is 56.1 Å². The predicted octanol–water partition coefficient (Wildman–Crippen LogP) is 2.72. The molecule has 27 heavy (non-hydrogen) atoms. The fourth-order valence-electron chi connectivity index (χ4n) is 4.06. The van der Waals surface area contributed by atoms with Crippen LogP contribution in [0.1, 0.15) is 37.2 Å². The lowest BCUT2D eigenvalue weighted by atomic mass is 9.95. The van der Waals surface area contributed by atoms with Gasteiger partial charge in [0, 0.05) is 25.2 Å². The molecule has 1 saturated heterocycles. The minimum Gasteiger partial charge on any atom is -0.480 e. The van der Waals surface area contributed by atoms with Crippen molar-refractivity contribution in [3.63, 3.8) is 0 Å². The van der Waals surface area contributed by atoms with Crippen molar-refractivity contribution in [2.45, 2.75) is 45.3 Å². The topological polar surface area (TPSA) is 76.2 Å². The molecule has 0 spiro atoms. The van der Waals surface area contributed by atoms with Gasteiger partial charge in [-0.25, -0.2) is 4.98 Å². The zero-order valence-electron chi connectivity index (χ0n) is 15.6. The number of para-hydroxylation sites is 2. The molecular weight excluding hydrogens is 342 g/mol. The van der Waals surface area contributed by atoms with Crippen LogP contribution in [-0.4, -0.2) is 48.4 Å². The van der Waals surface area contributed by atoms with Gasteiger partial charge in [0.25, 0.3) is 0 Å². The SMILES string of the molecule is CCn1c(CN2CCCC(c3ccn(CC(=O)O)n3)C2)nc2ccccc21. The number of imidazole rings is 1. The molecule has 3 aromatic rings. The number of carboxylic acid groups (broad SMARTS) is 1. The number of hydrogen-bond donors (Lipinski definition) is 1. The highest BCUT2D eigenvalue weighted by molar-refractivity contribution is 5.75. The average molecular weight is 367 g/mol. The zero-order valence-corrected chi connectivity index (χ0v) is 15.6. The van der Waals surface area contributed by atoms with Gasteiger partial charge in [0.05, 0.1) is 23.3 Å². The molecule has 7 heteroatoms. The molecule has 4 rings (SSSR count). The Bertz CT molecular complexity index is 945. The van der Waals surface area contributed by atoms with Crippen LogP contribution in [0.4, 0.5) is 0 Å². The van der Waals surface area contributed by atoms with Crippen LogP contribution in [0.5, 0.6) is 0 Å². The number of aromatic nitrogens is 4. The number of aliphatic carboxylic acids is 1. The summed E-state index contributed by atoms with van der Waals surface area (Å²) >= 11 is 0. The third-order valence-electron chi connectivity index (χ3n) is 5.30. The summed E-state index contributed by atoms with van der Waals surface area (Å²) in [6.07, 6.45) is 3.96. The van der Waals surface area contributed by atoms with Gasteiger partial charge in [0.15, 0.2) is 0 Å². The molecule has 1 unspecified atom stereocenters. The highest BCUT2D eigenvalue weighted by atomic mass is 16.4. The predicted molar refractivity (Wildman–Crippen MR) is 103 cm³/mol. The second-order valence-electron chi connectivity index (χ2n) is 7.17. The van der Waals surface area contributed by atoms with Crippen molar-refractivity contribution in [2.75, 3.05) is 13.1 Å². The molecule has 1 aliphatic rings. The van der Waals surface area contributed by atoms with Crippen molar-refractivity contribution in [1.29, 1.82) is 0 Å². The van der Waals surface area contributed by atoms with Crippen molar-refractivity contribution in [1.82, 2.24) is 24.2 Å². The molecule has 142 valence electrons. The van der Waals surface area contributed by atoms with Gasteiger partial charge in [-0.3, -0.25) is 14.4 Å². The lowest BCUT2D eigenvalue weighted by molar-refractivity contribution is -0.137. The third-order valence-corrected chi connectivity index (χ3v) is 5.30. The highest BCUT2D eigenvalue weighted by Gasteiger charge is 2.24. The summed E-state index contributed by atoms with van der Waals surface area (Å²) in [4.78, 5) is 18.2. The van der Waals surface area contributed by atoms with Gasteiger partial charge < -0.3 is 9.67 Å². The standard InChI is InChI=1S/C20H25N5O2/c1-2-25-18-8-4-3-7-17(18)21-19(25)13-23-10-5-6-15(12-23)16-9-11-24(22-16)14-20(26)27/h3-4,7-9,11,15H,2,5-6,10,12-14H2,1H3,(H,26,27). The monoisotopic (exact) mass is 367 g/mol. The fourth-order valence-corrected chi connectivity index (χ4v) is 4.06. The van der Waals surface area contributed by atoms with E-state index in [-0.39, 0.29) is 6.54 Å². The molecule has 3 heterocycles. The van der Waals surface area contributed by atoms with Crippen molar-refractivity contribution in [3.05, 3.63) is 48.0 Å². The van der Waals surface area contributed by atoms with Gasteiger partial charge in [-0.05, 0) is 44.5 Å². The molecule has 1 N–H and O–H groups in total. The van der Waals surface area contributed by atoms with Crippen LogP contribution in [0.15, 0.2) is 36.5 Å². The Balaban J connectivity index is 1.49. The summed E-state index contributed by atoms with van der Waals surface area (Å²) in [5, 5.41) is 13.4. The normalized spacial score (nSPS) is 18.2. The van der Waals surface area contributed by atoms with Gasteiger partial charge in [0.1, 0.15) is 12.4 Å². The smallest absolute Gasteiger partial charge is 0.325 e. The van der Waals surface area contributed by atoms with E-state index in [2.05, 4.69) is 39.7 Å². The molecule has 0 aliphatic carbocycles. The van der Waals surface area contributed by atoms with Gasteiger partial charge >= 0.3 is 5.97 Å². The molecule has 1 aliphatic heterocycles. The maximum Gasteiger partial charge on any atom is 0.325 e. The first-order valence-electron chi connectivity index (χ1n) is 9.55. The van der Waals surface area contributed by atoms with Crippen LogP contribution in [0.3, 0.4) is 0 Å². The maximum atomic E-state index is 10.9. The first-order chi connectivity index (χ1) is 13.1. The Kier molecular flexibility index (Phi) is 4.94. The second kappa shape index (κ2) is 7.52. The number of carboxylic acids is 1. The minimum absolute atomic E-state index is 0.0864. The number of aryl methyl sites for hydroxylation is 1. The van der Waals surface area contributed by atoms with Gasteiger partial charge in [-0.15, -0.1) is 0 Å². The molecule has 0 saturated carbocycles. The van der Waals surface area contributed by atoms with E-state index in [1.165, 1.54) is 10.2 Å². The minimum atomic E-state index is -0.867. The Morgan fingerprint density at radius 1 is 1.30 bits per heavy atom. The van der Waals surface area contributed by atoms with E-state index >= 15 is 0 Å². The van der Waals surface area contributed by atoms with Crippen molar-refractivity contribution < 1.29 is 9.90 Å². The average Bonchev–Trinajstić information content (AvgIpc) is 3.25. The summed E-state index contributed by atoms with van der Waals surface area (Å²) in [5.41, 5.74) is 3.23. The van der Waals surface area contributed by atoms with Gasteiger partial charge in [-0.1, -0.05) is 12.1 Å². The zero-order chi connectivity index (χ0) is 18.8. The third kappa shape index (κ3) is 3.73. The van der Waals surface area contributed by atoms with Crippen LogP contribution in [0.2, 0.25) is 0 Å². The Morgan fingerprint density at radius 3 is 2.96 bits per heavy atom. The number of benzene rings is 1. The molecule has 1 atom stereocenters. The molecule has 0 bridgehead atoms. The number of piperidine rings is 1. The van der Waals surface area contributed by atoms with Crippen LogP contribution in [-0.2, 0) is 24.4 Å². The number of likely N-dealkylation sites (tertiary alicyclic amines) is 1. The van der Waals surface area contributed by atoms with E-state index in [4.69, 9.17) is 10.1 Å². The van der Waals surface area contributed by atoms with E-state index in [9.17, 15) is 4.79 Å². The van der Waals surface area contributed by atoms with E-state index in [1.807, 2.05) is 12.1 Å². The summed E-state index contributed by atoms with van der Waals surface area (Å²) in [6.45, 7) is 5.79. The number of nitrogens with zero attached hydrogens (tertiary/aromatic N) is 5. The van der Waals surface area contributed by atoms with Crippen LogP contribution >= 0.6 is 0 Å². The number of rotatable bonds is 6. The van der Waals surface area contributed by atoms with Crippen LogP contribution in [0, 0.1) is 0 Å². The maximum absolute atomic E-state index is 10.9.